The number of carboxylic acids is 1. The zero-order valence-electron chi connectivity index (χ0n) is 13.1. The van der Waals surface area contributed by atoms with Crippen LogP contribution in [0, 0.1) is 0 Å². The maximum Gasteiger partial charge on any atom is 0.330 e. The molecular formula is C16H32O4. The highest BCUT2D eigenvalue weighted by Crippen LogP contribution is 2.10. The smallest absolute Gasteiger partial charge is 0.330 e. The van der Waals surface area contributed by atoms with Gasteiger partial charge in [0.25, 0.3) is 0 Å². The summed E-state index contributed by atoms with van der Waals surface area (Å²) in [7, 11) is 0. The Morgan fingerprint density at radius 3 is 1.60 bits per heavy atom. The lowest BCUT2D eigenvalue weighted by Crippen LogP contribution is -2.02. The summed E-state index contributed by atoms with van der Waals surface area (Å²) in [5.74, 6) is -0.935. The minimum atomic E-state index is -1.10. The van der Waals surface area contributed by atoms with Gasteiger partial charge in [-0.1, -0.05) is 64.9 Å². The van der Waals surface area contributed by atoms with Gasteiger partial charge in [0.05, 0.1) is 0 Å². The fourth-order valence-corrected chi connectivity index (χ4v) is 1.64. The fourth-order valence-electron chi connectivity index (χ4n) is 1.64. The molecule has 0 aromatic rings. The molecule has 0 aliphatic heterocycles. The molecule has 4 heteroatoms. The molecule has 0 aromatic carbocycles. The van der Waals surface area contributed by atoms with E-state index in [0.717, 1.165) is 12.8 Å². The van der Waals surface area contributed by atoms with E-state index in [9.17, 15) is 4.79 Å². The Bertz CT molecular complexity index is 225. The molecule has 0 saturated carbocycles. The second-order valence-corrected chi connectivity index (χ2v) is 5.18. The first-order chi connectivity index (χ1) is 9.41. The van der Waals surface area contributed by atoms with Crippen LogP contribution in [-0.4, -0.2) is 27.6 Å². The summed E-state index contributed by atoms with van der Waals surface area (Å²) < 4.78 is 0. The Morgan fingerprint density at radius 1 is 0.950 bits per heavy atom. The molecular weight excluding hydrogens is 256 g/mol. The van der Waals surface area contributed by atoms with Gasteiger partial charge in [0.15, 0.2) is 6.29 Å². The van der Waals surface area contributed by atoms with Crippen molar-refractivity contribution in [1.29, 1.82) is 0 Å². The minimum Gasteiger partial charge on any atom is -0.478 e. The van der Waals surface area contributed by atoms with Crippen LogP contribution >= 0.6 is 0 Å². The second kappa shape index (κ2) is 16.2. The van der Waals surface area contributed by atoms with Crippen molar-refractivity contribution >= 4 is 5.97 Å². The van der Waals surface area contributed by atoms with E-state index in [1.165, 1.54) is 51.9 Å². The lowest BCUT2D eigenvalue weighted by Gasteiger charge is -2.03. The molecule has 0 spiro atoms. The predicted molar refractivity (Wildman–Crippen MR) is 82.5 cm³/mol. The van der Waals surface area contributed by atoms with E-state index < -0.39 is 12.3 Å². The summed E-state index contributed by atoms with van der Waals surface area (Å²) in [5.41, 5.74) is 0.176. The number of aliphatic hydroxyl groups is 2. The van der Waals surface area contributed by atoms with Gasteiger partial charge in [0.1, 0.15) is 0 Å². The molecule has 0 amide bonds. The number of aliphatic hydroxyl groups excluding tert-OH is 1. The number of carboxylic acid groups (broad SMARTS) is 1. The standard InChI is InChI=1S/C12H26O2.C4H6O2/c1-2-3-4-5-6-7-8-9-10-11-12(13)14;1-3(2)4(5)6/h12-14H,2-11H2,1H3;1H2,2H3,(H,5,6). The van der Waals surface area contributed by atoms with Crippen LogP contribution in [0.5, 0.6) is 0 Å². The van der Waals surface area contributed by atoms with Crippen LogP contribution in [-0.2, 0) is 4.79 Å². The monoisotopic (exact) mass is 288 g/mol. The largest absolute Gasteiger partial charge is 0.478 e. The average molecular weight is 288 g/mol. The molecule has 0 aromatic heterocycles. The molecule has 0 fully saturated rings. The number of rotatable bonds is 11. The average Bonchev–Trinajstić information content (AvgIpc) is 2.37. The number of aliphatic carboxylic acids is 1. The minimum absolute atomic E-state index is 0.176. The first kappa shape index (κ1) is 21.4. The van der Waals surface area contributed by atoms with Crippen LogP contribution in [0.15, 0.2) is 12.2 Å². The van der Waals surface area contributed by atoms with E-state index in [0.29, 0.717) is 6.42 Å². The number of hydrogen-bond donors (Lipinski definition) is 3. The van der Waals surface area contributed by atoms with Gasteiger partial charge in [0.2, 0.25) is 0 Å². The van der Waals surface area contributed by atoms with E-state index in [1.807, 2.05) is 0 Å². The highest BCUT2D eigenvalue weighted by molar-refractivity contribution is 5.84. The fraction of sp³-hybridized carbons (Fsp3) is 0.812. The van der Waals surface area contributed by atoms with E-state index in [2.05, 4.69) is 13.5 Å². The molecule has 20 heavy (non-hydrogen) atoms. The van der Waals surface area contributed by atoms with Crippen LogP contribution in [0.3, 0.4) is 0 Å². The van der Waals surface area contributed by atoms with Crippen LogP contribution < -0.4 is 0 Å². The van der Waals surface area contributed by atoms with Crippen LogP contribution in [0.4, 0.5) is 0 Å². The summed E-state index contributed by atoms with van der Waals surface area (Å²) >= 11 is 0. The van der Waals surface area contributed by atoms with Crippen molar-refractivity contribution in [2.24, 2.45) is 0 Å². The molecule has 0 radical (unpaired) electrons. The summed E-state index contributed by atoms with van der Waals surface area (Å²) in [6, 6.07) is 0. The van der Waals surface area contributed by atoms with Crippen molar-refractivity contribution in [3.05, 3.63) is 12.2 Å². The molecule has 4 nitrogen and oxygen atoms in total. The van der Waals surface area contributed by atoms with Crippen molar-refractivity contribution in [3.63, 3.8) is 0 Å². The van der Waals surface area contributed by atoms with Gasteiger partial charge in [-0.3, -0.25) is 0 Å². The Hall–Kier alpha value is -0.870. The van der Waals surface area contributed by atoms with Crippen molar-refractivity contribution in [2.75, 3.05) is 0 Å². The summed E-state index contributed by atoms with van der Waals surface area (Å²) in [4.78, 5) is 9.60. The molecule has 3 N–H and O–H groups in total. The molecule has 0 atom stereocenters. The van der Waals surface area contributed by atoms with Gasteiger partial charge in [0, 0.05) is 5.57 Å². The van der Waals surface area contributed by atoms with Gasteiger partial charge in [-0.2, -0.15) is 0 Å². The first-order valence-corrected chi connectivity index (χ1v) is 7.66. The molecule has 0 aliphatic rings. The van der Waals surface area contributed by atoms with E-state index in [1.54, 1.807) is 0 Å². The zero-order valence-corrected chi connectivity index (χ0v) is 13.1. The van der Waals surface area contributed by atoms with Gasteiger partial charge in [-0.25, -0.2) is 4.79 Å². The molecule has 0 aliphatic carbocycles. The summed E-state index contributed by atoms with van der Waals surface area (Å²) in [5, 5.41) is 25.1. The van der Waals surface area contributed by atoms with Crippen molar-refractivity contribution < 1.29 is 20.1 Å². The quantitative estimate of drug-likeness (QED) is 0.306. The molecule has 0 heterocycles. The van der Waals surface area contributed by atoms with Gasteiger partial charge >= 0.3 is 5.97 Å². The molecule has 0 bridgehead atoms. The normalized spacial score (nSPS) is 10.1. The number of carbonyl (C=O) groups is 1. The molecule has 0 unspecified atom stereocenters. The van der Waals surface area contributed by atoms with E-state index >= 15 is 0 Å². The Morgan fingerprint density at radius 2 is 1.30 bits per heavy atom. The van der Waals surface area contributed by atoms with Crippen molar-refractivity contribution in [2.45, 2.75) is 84.3 Å². The Labute approximate surface area is 123 Å². The lowest BCUT2D eigenvalue weighted by molar-refractivity contribution is -0.132. The SMILES string of the molecule is C=C(C)C(=O)O.CCCCCCCCCCCC(O)O. The topological polar surface area (TPSA) is 77.8 Å². The lowest BCUT2D eigenvalue weighted by atomic mass is 10.1. The Kier molecular flexibility index (Phi) is 17.3. The maximum atomic E-state index is 9.60. The van der Waals surface area contributed by atoms with Gasteiger partial charge in [-0.05, 0) is 19.8 Å². The summed E-state index contributed by atoms with van der Waals surface area (Å²) in [6.07, 6.45) is 10.9. The van der Waals surface area contributed by atoms with Gasteiger partial charge in [-0.15, -0.1) is 0 Å². The van der Waals surface area contributed by atoms with E-state index in [4.69, 9.17) is 15.3 Å². The van der Waals surface area contributed by atoms with Crippen LogP contribution in [0.2, 0.25) is 0 Å². The third-order valence-corrected chi connectivity index (χ3v) is 2.93. The highest BCUT2D eigenvalue weighted by atomic mass is 16.5. The number of unbranched alkanes of at least 4 members (excludes halogenated alkanes) is 8. The van der Waals surface area contributed by atoms with Crippen molar-refractivity contribution in [1.82, 2.24) is 0 Å². The van der Waals surface area contributed by atoms with Crippen LogP contribution in [0.25, 0.3) is 0 Å². The number of hydrogen-bond acceptors (Lipinski definition) is 3. The first-order valence-electron chi connectivity index (χ1n) is 7.66. The molecule has 0 rings (SSSR count). The maximum absolute atomic E-state index is 9.60. The van der Waals surface area contributed by atoms with Crippen molar-refractivity contribution in [3.8, 4) is 0 Å². The predicted octanol–water partition coefficient (Wildman–Crippen LogP) is 3.87. The molecule has 120 valence electrons. The highest BCUT2D eigenvalue weighted by Gasteiger charge is 1.96. The summed E-state index contributed by atoms with van der Waals surface area (Å²) in [6.45, 7) is 6.84. The second-order valence-electron chi connectivity index (χ2n) is 5.18. The van der Waals surface area contributed by atoms with Gasteiger partial charge < -0.3 is 15.3 Å². The third kappa shape index (κ3) is 22.3. The zero-order chi connectivity index (χ0) is 15.8. The van der Waals surface area contributed by atoms with E-state index in [-0.39, 0.29) is 5.57 Å². The third-order valence-electron chi connectivity index (χ3n) is 2.93. The molecule has 0 saturated heterocycles. The van der Waals surface area contributed by atoms with Crippen LogP contribution in [0.1, 0.15) is 78.1 Å². The Balaban J connectivity index is 0.